The zero-order chi connectivity index (χ0) is 25.3. The highest BCUT2D eigenvalue weighted by Gasteiger charge is 2.37. The van der Waals surface area contributed by atoms with Crippen molar-refractivity contribution < 1.29 is 19.1 Å². The van der Waals surface area contributed by atoms with E-state index in [4.69, 9.17) is 51.1 Å². The molecule has 1 saturated heterocycles. The van der Waals surface area contributed by atoms with Gasteiger partial charge in [-0.15, -0.1) is 0 Å². The second kappa shape index (κ2) is 10.3. The topological polar surface area (TPSA) is 75.7 Å². The van der Waals surface area contributed by atoms with E-state index in [1.165, 1.54) is 18.2 Å². The van der Waals surface area contributed by atoms with E-state index in [1.54, 1.807) is 49.4 Å². The van der Waals surface area contributed by atoms with Crippen molar-refractivity contribution in [3.8, 4) is 5.75 Å². The first-order valence-electron chi connectivity index (χ1n) is 10.2. The van der Waals surface area contributed by atoms with Crippen LogP contribution in [0.25, 0.3) is 6.08 Å². The quantitative estimate of drug-likeness (QED) is 0.279. The minimum Gasteiger partial charge on any atom is -0.488 e. The fraction of sp³-hybridized carbons (Fsp3) is 0.0800. The maximum atomic E-state index is 13.2. The van der Waals surface area contributed by atoms with Gasteiger partial charge in [0.15, 0.2) is 0 Å². The number of aryl methyl sites for hydroxylation is 1. The number of imide groups is 2. The molecule has 0 saturated carbocycles. The molecule has 1 N–H and O–H groups in total. The number of hydrogen-bond acceptors (Lipinski definition) is 4. The lowest BCUT2D eigenvalue weighted by Crippen LogP contribution is -2.54. The van der Waals surface area contributed by atoms with Crippen molar-refractivity contribution in [2.75, 3.05) is 4.90 Å². The van der Waals surface area contributed by atoms with Gasteiger partial charge >= 0.3 is 6.03 Å². The Morgan fingerprint density at radius 2 is 1.60 bits per heavy atom. The highest BCUT2D eigenvalue weighted by atomic mass is 35.5. The largest absolute Gasteiger partial charge is 0.488 e. The summed E-state index contributed by atoms with van der Waals surface area (Å²) in [5, 5.41) is 3.83. The maximum Gasteiger partial charge on any atom is 0.335 e. The molecule has 1 aliphatic rings. The van der Waals surface area contributed by atoms with Crippen molar-refractivity contribution in [2.45, 2.75) is 13.5 Å². The van der Waals surface area contributed by atoms with E-state index in [0.29, 0.717) is 37.0 Å². The summed E-state index contributed by atoms with van der Waals surface area (Å²) in [5.41, 5.74) is 1.76. The molecule has 0 unspecified atom stereocenters. The minimum atomic E-state index is -0.878. The molecule has 35 heavy (non-hydrogen) atoms. The zero-order valence-corrected chi connectivity index (χ0v) is 21.1. The van der Waals surface area contributed by atoms with Crippen LogP contribution >= 0.6 is 46.4 Å². The molecular weight excluding hydrogens is 534 g/mol. The molecule has 178 valence electrons. The van der Waals surface area contributed by atoms with Gasteiger partial charge in [-0.2, -0.15) is 0 Å². The first-order chi connectivity index (χ1) is 16.6. The van der Waals surface area contributed by atoms with Gasteiger partial charge in [-0.1, -0.05) is 58.5 Å². The monoisotopic (exact) mass is 548 g/mol. The SMILES string of the molecule is Cc1ccc(N2C(=O)NC(=O)/C(=C\c3cc(Cl)ccc3OCc3ccc(Cl)cc3Cl)C2=O)cc1Cl. The van der Waals surface area contributed by atoms with Gasteiger partial charge in [-0.25, -0.2) is 9.69 Å². The van der Waals surface area contributed by atoms with Gasteiger partial charge in [0.05, 0.1) is 5.69 Å². The zero-order valence-electron chi connectivity index (χ0n) is 18.1. The standard InChI is InChI=1S/C25H16Cl4N2O4/c1-13-2-6-18(11-20(13)28)31-24(33)19(23(32)30-25(31)34)9-15-8-16(26)5-7-22(15)35-12-14-3-4-17(27)10-21(14)29/h2-11H,12H2,1H3,(H,30,32,34)/b19-9+. The number of barbiturate groups is 1. The molecule has 1 aliphatic heterocycles. The summed E-state index contributed by atoms with van der Waals surface area (Å²) in [4.78, 5) is 39.1. The second-order valence-corrected chi connectivity index (χ2v) is 9.29. The van der Waals surface area contributed by atoms with Crippen molar-refractivity contribution in [1.82, 2.24) is 5.32 Å². The summed E-state index contributed by atoms with van der Waals surface area (Å²) in [5.74, 6) is -1.32. The fourth-order valence-electron chi connectivity index (χ4n) is 3.33. The number of nitrogens with zero attached hydrogens (tertiary/aromatic N) is 1. The van der Waals surface area contributed by atoms with E-state index >= 15 is 0 Å². The Kier molecular flexibility index (Phi) is 7.38. The average Bonchev–Trinajstić information content (AvgIpc) is 2.79. The molecule has 0 spiro atoms. The predicted octanol–water partition coefficient (Wildman–Crippen LogP) is 6.85. The third kappa shape index (κ3) is 5.46. The number of urea groups is 1. The second-order valence-electron chi connectivity index (χ2n) is 7.60. The van der Waals surface area contributed by atoms with Crippen LogP contribution in [0, 0.1) is 6.92 Å². The summed E-state index contributed by atoms with van der Waals surface area (Å²) in [6.45, 7) is 1.89. The van der Waals surface area contributed by atoms with E-state index in [-0.39, 0.29) is 17.9 Å². The highest BCUT2D eigenvalue weighted by molar-refractivity contribution is 6.40. The van der Waals surface area contributed by atoms with Crippen LogP contribution in [-0.2, 0) is 16.2 Å². The molecule has 3 aromatic carbocycles. The summed E-state index contributed by atoms with van der Waals surface area (Å²) in [6.07, 6.45) is 1.32. The van der Waals surface area contributed by atoms with E-state index in [9.17, 15) is 14.4 Å². The third-order valence-corrected chi connectivity index (χ3v) is 6.41. The Labute approximate surface area is 221 Å². The number of rotatable bonds is 5. The molecule has 6 nitrogen and oxygen atoms in total. The molecule has 0 aromatic heterocycles. The van der Waals surface area contributed by atoms with Crippen molar-refractivity contribution in [3.05, 3.63) is 97.0 Å². The Morgan fingerprint density at radius 3 is 2.31 bits per heavy atom. The summed E-state index contributed by atoms with van der Waals surface area (Å²) in [6, 6.07) is 13.6. The molecule has 0 atom stereocenters. The van der Waals surface area contributed by atoms with Crippen LogP contribution in [0.1, 0.15) is 16.7 Å². The molecule has 1 heterocycles. The fourth-order valence-corrected chi connectivity index (χ4v) is 4.14. The number of carbonyl (C=O) groups excluding carboxylic acids is 3. The van der Waals surface area contributed by atoms with Gasteiger partial charge in [0, 0.05) is 31.2 Å². The van der Waals surface area contributed by atoms with Crippen LogP contribution in [0.3, 0.4) is 0 Å². The van der Waals surface area contributed by atoms with Crippen LogP contribution in [-0.4, -0.2) is 17.8 Å². The van der Waals surface area contributed by atoms with Crippen molar-refractivity contribution in [3.63, 3.8) is 0 Å². The van der Waals surface area contributed by atoms with Crippen LogP contribution in [0.2, 0.25) is 20.1 Å². The van der Waals surface area contributed by atoms with Crippen LogP contribution < -0.4 is 15.0 Å². The summed E-state index contributed by atoms with van der Waals surface area (Å²) >= 11 is 24.5. The number of nitrogens with one attached hydrogen (secondary N) is 1. The third-order valence-electron chi connectivity index (χ3n) is 5.19. The molecule has 4 amide bonds. The van der Waals surface area contributed by atoms with Gasteiger partial charge in [-0.3, -0.25) is 14.9 Å². The summed E-state index contributed by atoms with van der Waals surface area (Å²) in [7, 11) is 0. The van der Waals surface area contributed by atoms with E-state index < -0.39 is 17.8 Å². The Hall–Kier alpha value is -3.03. The number of benzene rings is 3. The Morgan fingerprint density at radius 1 is 0.886 bits per heavy atom. The number of carbonyl (C=O) groups is 3. The number of anilines is 1. The minimum absolute atomic E-state index is 0.0976. The van der Waals surface area contributed by atoms with E-state index in [0.717, 1.165) is 10.5 Å². The van der Waals surface area contributed by atoms with Gasteiger partial charge in [0.1, 0.15) is 17.9 Å². The lowest BCUT2D eigenvalue weighted by atomic mass is 10.1. The van der Waals surface area contributed by atoms with Gasteiger partial charge in [0.25, 0.3) is 11.8 Å². The van der Waals surface area contributed by atoms with Crippen molar-refractivity contribution in [2.24, 2.45) is 0 Å². The molecule has 10 heteroatoms. The number of ether oxygens (including phenoxy) is 1. The normalized spacial score (nSPS) is 14.9. The Balaban J connectivity index is 1.68. The lowest BCUT2D eigenvalue weighted by molar-refractivity contribution is -0.122. The maximum absolute atomic E-state index is 13.2. The number of amides is 4. The molecule has 3 aromatic rings. The van der Waals surface area contributed by atoms with Crippen LogP contribution in [0.5, 0.6) is 5.75 Å². The Bertz CT molecular complexity index is 1400. The van der Waals surface area contributed by atoms with Gasteiger partial charge < -0.3 is 4.74 Å². The summed E-state index contributed by atoms with van der Waals surface area (Å²) < 4.78 is 5.90. The molecule has 1 fully saturated rings. The van der Waals surface area contributed by atoms with Gasteiger partial charge in [-0.05, 0) is 61.0 Å². The predicted molar refractivity (Wildman–Crippen MR) is 137 cm³/mol. The first-order valence-corrected chi connectivity index (χ1v) is 11.7. The number of hydrogen-bond donors (Lipinski definition) is 1. The lowest BCUT2D eigenvalue weighted by Gasteiger charge is -2.26. The first kappa shape index (κ1) is 25.1. The molecule has 0 aliphatic carbocycles. The molecule has 0 radical (unpaired) electrons. The number of halogens is 4. The molecule has 4 rings (SSSR count). The highest BCUT2D eigenvalue weighted by Crippen LogP contribution is 2.30. The van der Waals surface area contributed by atoms with Crippen LogP contribution in [0.15, 0.2) is 60.2 Å². The van der Waals surface area contributed by atoms with Crippen molar-refractivity contribution in [1.29, 1.82) is 0 Å². The van der Waals surface area contributed by atoms with Crippen molar-refractivity contribution >= 4 is 76.0 Å². The average molecular weight is 550 g/mol. The smallest absolute Gasteiger partial charge is 0.335 e. The van der Waals surface area contributed by atoms with E-state index in [2.05, 4.69) is 5.32 Å². The van der Waals surface area contributed by atoms with E-state index in [1.807, 2.05) is 0 Å². The van der Waals surface area contributed by atoms with Crippen LogP contribution in [0.4, 0.5) is 10.5 Å². The molecular formula is C25H16Cl4N2O4. The molecule has 0 bridgehead atoms. The van der Waals surface area contributed by atoms with Gasteiger partial charge in [0.2, 0.25) is 0 Å².